The number of carbonyl (C=O) groups excluding carboxylic acids is 1. The normalized spacial score (nSPS) is 14.3. The van der Waals surface area contributed by atoms with Gasteiger partial charge in [-0.1, -0.05) is 17.7 Å². The molecule has 0 spiro atoms. The minimum Gasteiger partial charge on any atom is -0.494 e. The lowest BCUT2D eigenvalue weighted by Gasteiger charge is -2.13. The fraction of sp³-hybridized carbons (Fsp3) is 0.500. The van der Waals surface area contributed by atoms with Crippen molar-refractivity contribution in [2.45, 2.75) is 39.0 Å². The molecule has 0 fully saturated rings. The van der Waals surface area contributed by atoms with E-state index in [9.17, 15) is 4.79 Å². The molecule has 0 heterocycles. The monoisotopic (exact) mass is 302 g/mol. The Balaban J connectivity index is 1.67. The average Bonchev–Trinajstić information content (AvgIpc) is 2.53. The maximum Gasteiger partial charge on any atom is 0.238 e. The molecule has 1 aliphatic carbocycles. The number of benzene rings is 1. The predicted molar refractivity (Wildman–Crippen MR) is 90.3 cm³/mol. The number of allylic oxidation sites excluding steroid dienone is 1. The number of amides is 1. The third kappa shape index (κ3) is 5.90. The second-order valence-electron chi connectivity index (χ2n) is 5.54. The first-order valence-electron chi connectivity index (χ1n) is 8.19. The van der Waals surface area contributed by atoms with Crippen molar-refractivity contribution in [1.82, 2.24) is 5.32 Å². The lowest BCUT2D eigenvalue weighted by atomic mass is 9.97. The maximum atomic E-state index is 11.9. The molecule has 22 heavy (non-hydrogen) atoms. The van der Waals surface area contributed by atoms with Gasteiger partial charge in [-0.15, -0.1) is 0 Å². The van der Waals surface area contributed by atoms with Gasteiger partial charge in [-0.3, -0.25) is 4.79 Å². The molecule has 0 saturated carbocycles. The fourth-order valence-corrected chi connectivity index (χ4v) is 2.62. The number of rotatable bonds is 8. The molecule has 2 N–H and O–H groups in total. The van der Waals surface area contributed by atoms with Crippen LogP contribution in [0.5, 0.6) is 5.75 Å². The van der Waals surface area contributed by atoms with Crippen LogP contribution >= 0.6 is 0 Å². The Bertz CT molecular complexity index is 512. The Hall–Kier alpha value is -1.81. The van der Waals surface area contributed by atoms with Crippen LogP contribution in [0.2, 0.25) is 0 Å². The molecule has 4 nitrogen and oxygen atoms in total. The van der Waals surface area contributed by atoms with Gasteiger partial charge >= 0.3 is 0 Å². The van der Waals surface area contributed by atoms with E-state index in [0.29, 0.717) is 13.2 Å². The van der Waals surface area contributed by atoms with Crippen LogP contribution < -0.4 is 15.4 Å². The van der Waals surface area contributed by atoms with E-state index in [0.717, 1.165) is 24.4 Å². The van der Waals surface area contributed by atoms with Crippen molar-refractivity contribution in [2.75, 3.05) is 25.0 Å². The van der Waals surface area contributed by atoms with E-state index in [1.54, 1.807) is 0 Å². The molecule has 0 aromatic heterocycles. The van der Waals surface area contributed by atoms with Gasteiger partial charge in [-0.05, 0) is 57.7 Å². The summed E-state index contributed by atoms with van der Waals surface area (Å²) in [6, 6.07) is 7.47. The summed E-state index contributed by atoms with van der Waals surface area (Å²) in [5, 5.41) is 6.09. The molecule has 120 valence electrons. The van der Waals surface area contributed by atoms with Crippen LogP contribution in [0.25, 0.3) is 0 Å². The summed E-state index contributed by atoms with van der Waals surface area (Å²) in [5.74, 6) is 0.753. The summed E-state index contributed by atoms with van der Waals surface area (Å²) in [4.78, 5) is 11.9. The third-order valence-corrected chi connectivity index (χ3v) is 3.72. The molecule has 0 saturated heterocycles. The van der Waals surface area contributed by atoms with Crippen LogP contribution in [0.15, 0.2) is 35.9 Å². The first kappa shape index (κ1) is 16.6. The zero-order valence-corrected chi connectivity index (χ0v) is 13.4. The maximum absolute atomic E-state index is 11.9. The van der Waals surface area contributed by atoms with Crippen LogP contribution in [-0.2, 0) is 4.79 Å². The number of hydrogen-bond acceptors (Lipinski definition) is 3. The number of ether oxygens (including phenoxy) is 1. The second-order valence-corrected chi connectivity index (χ2v) is 5.54. The van der Waals surface area contributed by atoms with Gasteiger partial charge in [-0.25, -0.2) is 0 Å². The van der Waals surface area contributed by atoms with Crippen LogP contribution in [0.1, 0.15) is 39.0 Å². The van der Waals surface area contributed by atoms with Crippen molar-refractivity contribution in [3.8, 4) is 5.75 Å². The van der Waals surface area contributed by atoms with E-state index in [4.69, 9.17) is 4.74 Å². The summed E-state index contributed by atoms with van der Waals surface area (Å²) in [7, 11) is 0. The van der Waals surface area contributed by atoms with E-state index in [2.05, 4.69) is 16.7 Å². The van der Waals surface area contributed by atoms with Gasteiger partial charge in [0.05, 0.1) is 13.2 Å². The second kappa shape index (κ2) is 9.26. The molecule has 0 unspecified atom stereocenters. The summed E-state index contributed by atoms with van der Waals surface area (Å²) in [6.07, 6.45) is 8.46. The number of hydrogen-bond donors (Lipinski definition) is 2. The van der Waals surface area contributed by atoms with Crippen LogP contribution in [0.3, 0.4) is 0 Å². The summed E-state index contributed by atoms with van der Waals surface area (Å²) in [6.45, 7) is 3.76. The Kier molecular flexibility index (Phi) is 6.97. The standard InChI is InChI=1S/C18H26N2O2/c1-2-22-17-10-6-9-16(13-17)20-18(21)14-19-12-11-15-7-4-3-5-8-15/h6-7,9-10,13,19H,2-5,8,11-12,14H2,1H3,(H,20,21). The molecule has 0 atom stereocenters. The molecule has 1 aliphatic rings. The average molecular weight is 302 g/mol. The van der Waals surface area contributed by atoms with Crippen molar-refractivity contribution < 1.29 is 9.53 Å². The Morgan fingerprint density at radius 2 is 2.23 bits per heavy atom. The molecular formula is C18H26N2O2. The van der Waals surface area contributed by atoms with Gasteiger partial charge in [0.2, 0.25) is 5.91 Å². The molecule has 1 amide bonds. The minimum atomic E-state index is -0.0220. The SMILES string of the molecule is CCOc1cccc(NC(=O)CNCCC2=CCCCC2)c1. The first-order valence-corrected chi connectivity index (χ1v) is 8.19. The van der Waals surface area contributed by atoms with Crippen LogP contribution in [-0.4, -0.2) is 25.6 Å². The van der Waals surface area contributed by atoms with Crippen molar-refractivity contribution >= 4 is 11.6 Å². The Morgan fingerprint density at radius 1 is 1.32 bits per heavy atom. The third-order valence-electron chi connectivity index (χ3n) is 3.72. The zero-order valence-electron chi connectivity index (χ0n) is 13.4. The molecule has 1 aromatic carbocycles. The molecule has 1 aromatic rings. The highest BCUT2D eigenvalue weighted by atomic mass is 16.5. The molecule has 0 radical (unpaired) electrons. The van der Waals surface area contributed by atoms with Gasteiger partial charge in [0.25, 0.3) is 0 Å². The van der Waals surface area contributed by atoms with E-state index in [1.165, 1.54) is 31.3 Å². The highest BCUT2D eigenvalue weighted by Crippen LogP contribution is 2.19. The number of anilines is 1. The summed E-state index contributed by atoms with van der Waals surface area (Å²) >= 11 is 0. The largest absolute Gasteiger partial charge is 0.494 e. The molecule has 4 heteroatoms. The highest BCUT2D eigenvalue weighted by molar-refractivity contribution is 5.92. The minimum absolute atomic E-state index is 0.0220. The molecule has 0 bridgehead atoms. The van der Waals surface area contributed by atoms with Gasteiger partial charge in [-0.2, -0.15) is 0 Å². The lowest BCUT2D eigenvalue weighted by Crippen LogP contribution is -2.29. The quantitative estimate of drug-likeness (QED) is 0.571. The zero-order chi connectivity index (χ0) is 15.6. The van der Waals surface area contributed by atoms with E-state index in [1.807, 2.05) is 31.2 Å². The number of nitrogens with one attached hydrogen (secondary N) is 2. The van der Waals surface area contributed by atoms with Crippen molar-refractivity contribution in [1.29, 1.82) is 0 Å². The summed E-state index contributed by atoms with van der Waals surface area (Å²) < 4.78 is 5.42. The Labute approximate surface area is 132 Å². The van der Waals surface area contributed by atoms with Gasteiger partial charge < -0.3 is 15.4 Å². The van der Waals surface area contributed by atoms with Gasteiger partial charge in [0.15, 0.2) is 0 Å². The molecule has 2 rings (SSSR count). The van der Waals surface area contributed by atoms with Gasteiger partial charge in [0, 0.05) is 11.8 Å². The van der Waals surface area contributed by atoms with E-state index >= 15 is 0 Å². The van der Waals surface area contributed by atoms with E-state index in [-0.39, 0.29) is 5.91 Å². The topological polar surface area (TPSA) is 50.4 Å². The fourth-order valence-electron chi connectivity index (χ4n) is 2.62. The summed E-state index contributed by atoms with van der Waals surface area (Å²) in [5.41, 5.74) is 2.30. The van der Waals surface area contributed by atoms with E-state index < -0.39 is 0 Å². The Morgan fingerprint density at radius 3 is 3.00 bits per heavy atom. The molecule has 0 aliphatic heterocycles. The lowest BCUT2D eigenvalue weighted by molar-refractivity contribution is -0.115. The van der Waals surface area contributed by atoms with Gasteiger partial charge in [0.1, 0.15) is 5.75 Å². The predicted octanol–water partition coefficient (Wildman–Crippen LogP) is 3.50. The van der Waals surface area contributed by atoms with Crippen molar-refractivity contribution in [2.24, 2.45) is 0 Å². The van der Waals surface area contributed by atoms with Crippen LogP contribution in [0, 0.1) is 0 Å². The first-order chi connectivity index (χ1) is 10.8. The van der Waals surface area contributed by atoms with Crippen molar-refractivity contribution in [3.63, 3.8) is 0 Å². The van der Waals surface area contributed by atoms with Crippen LogP contribution in [0.4, 0.5) is 5.69 Å². The molecular weight excluding hydrogens is 276 g/mol. The highest BCUT2D eigenvalue weighted by Gasteiger charge is 2.05. The number of carbonyl (C=O) groups is 1. The van der Waals surface area contributed by atoms with Crippen molar-refractivity contribution in [3.05, 3.63) is 35.9 Å². The smallest absolute Gasteiger partial charge is 0.238 e.